The van der Waals surface area contributed by atoms with Crippen LogP contribution in [0.5, 0.6) is 0 Å². The fourth-order valence-electron chi connectivity index (χ4n) is 1.53. The molecule has 2 N–H and O–H groups in total. The molecule has 0 spiro atoms. The predicted octanol–water partition coefficient (Wildman–Crippen LogP) is 4.88. The molecule has 3 nitrogen and oxygen atoms in total. The van der Waals surface area contributed by atoms with E-state index in [0.717, 1.165) is 0 Å². The maximum Gasteiger partial charge on any atom is 0.460 e. The van der Waals surface area contributed by atoms with Gasteiger partial charge in [0.15, 0.2) is 0 Å². The third kappa shape index (κ3) is 3.43. The summed E-state index contributed by atoms with van der Waals surface area (Å²) in [5.74, 6) is -61.8. The highest BCUT2D eigenvalue weighted by atomic mass is 32.2. The van der Waals surface area contributed by atoms with E-state index in [-0.39, 0.29) is 0 Å². The van der Waals surface area contributed by atoms with E-state index in [1.165, 1.54) is 0 Å². The highest BCUT2D eigenvalue weighted by Crippen LogP contribution is 2.65. The maximum absolute atomic E-state index is 13.2. The first-order valence-corrected chi connectivity index (χ1v) is 7.91. The zero-order valence-corrected chi connectivity index (χ0v) is 14.3. The van der Waals surface area contributed by atoms with Crippen molar-refractivity contribution in [2.45, 2.75) is 52.9 Å². The molecule has 0 heterocycles. The van der Waals surface area contributed by atoms with E-state index >= 15 is 0 Å². The van der Waals surface area contributed by atoms with Crippen LogP contribution in [0.3, 0.4) is 0 Å². The maximum atomic E-state index is 13.2. The van der Waals surface area contributed by atoms with Gasteiger partial charge in [0.2, 0.25) is 0 Å². The van der Waals surface area contributed by atoms with Gasteiger partial charge in [-0.3, -0.25) is 0 Å². The normalized spacial score (nSPS) is 17.0. The Labute approximate surface area is 161 Å². The standard InChI is InChI=1S/C9H2F19NO2S/c10-1(11,2(12,13)4(16,17)6(20,21)8(24,25)26)3(14,15)5(18,19)7(22,23)9(27,28)32(29,30)31/h(H2,29,30,31). The van der Waals surface area contributed by atoms with Crippen molar-refractivity contribution >= 4 is 10.0 Å². The smallest absolute Gasteiger partial charge is 0.223 e. The molecule has 0 aliphatic rings. The summed E-state index contributed by atoms with van der Waals surface area (Å²) in [5, 5.41) is -4.45. The van der Waals surface area contributed by atoms with Gasteiger partial charge in [-0.05, 0) is 0 Å². The summed E-state index contributed by atoms with van der Waals surface area (Å²) >= 11 is 0. The third-order valence-corrected chi connectivity index (χ3v) is 4.42. The topological polar surface area (TPSA) is 60.2 Å². The third-order valence-electron chi connectivity index (χ3n) is 3.44. The molecule has 0 fully saturated rings. The van der Waals surface area contributed by atoms with Crippen molar-refractivity contribution in [3.8, 4) is 0 Å². The van der Waals surface area contributed by atoms with Crippen molar-refractivity contribution < 1.29 is 91.8 Å². The molecule has 194 valence electrons. The summed E-state index contributed by atoms with van der Waals surface area (Å²) < 4.78 is 264. The molecule has 0 amide bonds. The van der Waals surface area contributed by atoms with Gasteiger partial charge in [-0.25, -0.2) is 13.6 Å². The molecule has 0 atom stereocenters. The Morgan fingerprint density at radius 2 is 0.562 bits per heavy atom. The van der Waals surface area contributed by atoms with Crippen LogP contribution in [-0.2, 0) is 10.0 Å². The summed E-state index contributed by atoms with van der Waals surface area (Å²) in [6.07, 6.45) is -7.97. The number of halogens is 19. The van der Waals surface area contributed by atoms with E-state index in [4.69, 9.17) is 0 Å². The molecular formula is C9H2F19NO2S. The average molecular weight is 549 g/mol. The molecule has 0 bridgehead atoms. The van der Waals surface area contributed by atoms with E-state index in [0.29, 0.717) is 0 Å². The average Bonchev–Trinajstić information content (AvgIpc) is 2.51. The Balaban J connectivity index is 7.06. The largest absolute Gasteiger partial charge is 0.460 e. The molecule has 0 aromatic carbocycles. The van der Waals surface area contributed by atoms with Crippen molar-refractivity contribution in [1.82, 2.24) is 0 Å². The van der Waals surface area contributed by atoms with Gasteiger partial charge in [-0.15, -0.1) is 0 Å². The summed E-state index contributed by atoms with van der Waals surface area (Å²) in [7, 11) is -7.50. The van der Waals surface area contributed by atoms with Crippen molar-refractivity contribution in [2.24, 2.45) is 5.14 Å². The highest BCUT2D eigenvalue weighted by Gasteiger charge is 2.97. The minimum atomic E-state index is -9.11. The Morgan fingerprint density at radius 3 is 0.750 bits per heavy atom. The molecule has 0 radical (unpaired) electrons. The number of nitrogens with two attached hydrogens (primary N) is 1. The lowest BCUT2D eigenvalue weighted by Gasteiger charge is -2.43. The van der Waals surface area contributed by atoms with Crippen molar-refractivity contribution in [3.63, 3.8) is 0 Å². The van der Waals surface area contributed by atoms with Crippen LogP contribution in [0.4, 0.5) is 83.4 Å². The Hall–Kier alpha value is -1.42. The molecule has 0 unspecified atom stereocenters. The molecule has 0 rings (SSSR count). The fourth-order valence-corrected chi connectivity index (χ4v) is 2.01. The van der Waals surface area contributed by atoms with Crippen molar-refractivity contribution in [1.29, 1.82) is 0 Å². The molecule has 0 saturated carbocycles. The van der Waals surface area contributed by atoms with Crippen LogP contribution in [0.15, 0.2) is 0 Å². The zero-order chi connectivity index (χ0) is 27.0. The minimum Gasteiger partial charge on any atom is -0.223 e. The number of hydrogen-bond donors (Lipinski definition) is 1. The van der Waals surface area contributed by atoms with E-state index in [9.17, 15) is 91.8 Å². The monoisotopic (exact) mass is 549 g/mol. The number of sulfonamides is 1. The van der Waals surface area contributed by atoms with Crippen LogP contribution >= 0.6 is 0 Å². The van der Waals surface area contributed by atoms with Gasteiger partial charge in [-0.1, -0.05) is 0 Å². The van der Waals surface area contributed by atoms with Crippen LogP contribution in [0.1, 0.15) is 0 Å². The number of rotatable bonds is 8. The quantitative estimate of drug-likeness (QED) is 0.440. The molecular weight excluding hydrogens is 547 g/mol. The van der Waals surface area contributed by atoms with E-state index in [2.05, 4.69) is 5.14 Å². The van der Waals surface area contributed by atoms with Gasteiger partial charge in [-0.2, -0.15) is 83.4 Å². The molecule has 0 saturated heterocycles. The van der Waals surface area contributed by atoms with Crippen molar-refractivity contribution in [3.05, 3.63) is 0 Å². The van der Waals surface area contributed by atoms with Gasteiger partial charge < -0.3 is 0 Å². The predicted molar refractivity (Wildman–Crippen MR) is 58.7 cm³/mol. The zero-order valence-electron chi connectivity index (χ0n) is 13.5. The lowest BCUT2D eigenvalue weighted by Crippen LogP contribution is -2.76. The van der Waals surface area contributed by atoms with Crippen LogP contribution in [0.25, 0.3) is 0 Å². The van der Waals surface area contributed by atoms with Crippen LogP contribution in [0.2, 0.25) is 0 Å². The second-order valence-corrected chi connectivity index (χ2v) is 7.18. The van der Waals surface area contributed by atoms with Gasteiger partial charge in [0.1, 0.15) is 0 Å². The second-order valence-electron chi connectivity index (χ2n) is 5.58. The summed E-state index contributed by atoms with van der Waals surface area (Å²) in [6.45, 7) is 0. The molecule has 32 heavy (non-hydrogen) atoms. The molecule has 23 heteroatoms. The first-order chi connectivity index (χ1) is 13.2. The van der Waals surface area contributed by atoms with Crippen molar-refractivity contribution in [2.75, 3.05) is 0 Å². The lowest BCUT2D eigenvalue weighted by atomic mass is 9.89. The SMILES string of the molecule is NS(=O)(=O)C(F)(F)C(F)(F)C(F)(F)C(F)(F)C(F)(F)C(F)(F)C(F)(F)C(F)(F)C(F)(F)F. The van der Waals surface area contributed by atoms with E-state index in [1.807, 2.05) is 0 Å². The number of hydrogen-bond acceptors (Lipinski definition) is 2. The molecule has 0 aliphatic heterocycles. The Morgan fingerprint density at radius 1 is 0.375 bits per heavy atom. The van der Waals surface area contributed by atoms with Gasteiger partial charge in [0, 0.05) is 0 Å². The lowest BCUT2D eigenvalue weighted by molar-refractivity contribution is -0.466. The Bertz CT molecular complexity index is 824. The summed E-state index contributed by atoms with van der Waals surface area (Å²) in [5.41, 5.74) is 0. The summed E-state index contributed by atoms with van der Waals surface area (Å²) in [6, 6.07) is 0. The van der Waals surface area contributed by atoms with Gasteiger partial charge in [0.25, 0.3) is 10.0 Å². The summed E-state index contributed by atoms with van der Waals surface area (Å²) in [4.78, 5) is 0. The van der Waals surface area contributed by atoms with Gasteiger partial charge in [0.05, 0.1) is 0 Å². The fraction of sp³-hybridized carbons (Fsp3) is 1.00. The van der Waals surface area contributed by atoms with Crippen LogP contribution in [0, 0.1) is 0 Å². The molecule has 0 aromatic heterocycles. The molecule has 0 aromatic rings. The number of alkyl halides is 19. The minimum absolute atomic E-state index is 3.29. The second kappa shape index (κ2) is 7.04. The van der Waals surface area contributed by atoms with E-state index in [1.54, 1.807) is 0 Å². The Kier molecular flexibility index (Phi) is 6.73. The van der Waals surface area contributed by atoms with Crippen LogP contribution < -0.4 is 5.14 Å². The number of primary sulfonamides is 1. The highest BCUT2D eigenvalue weighted by molar-refractivity contribution is 7.90. The molecule has 0 aliphatic carbocycles. The first-order valence-electron chi connectivity index (χ1n) is 6.36. The first kappa shape index (κ1) is 30.6. The van der Waals surface area contributed by atoms with Gasteiger partial charge >= 0.3 is 52.9 Å². The van der Waals surface area contributed by atoms with Crippen LogP contribution in [-0.4, -0.2) is 61.3 Å². The van der Waals surface area contributed by atoms with E-state index < -0.39 is 62.9 Å².